The fraction of sp³-hybridized carbons (Fsp3) is 0.750. The Balaban J connectivity index is 4.10. The number of thiophene rings is 1. The van der Waals surface area contributed by atoms with Crippen LogP contribution >= 0.6 is 18.6 Å². The molecule has 0 atom stereocenters. The minimum absolute atomic E-state index is 0.560. The molecule has 0 aromatic carbocycles. The molecule has 0 aliphatic rings. The van der Waals surface area contributed by atoms with Gasteiger partial charge in [-0.25, -0.2) is 0 Å². The molecule has 26 heavy (non-hydrogen) atoms. The van der Waals surface area contributed by atoms with Gasteiger partial charge in [0.05, 0.1) is 0 Å². The Labute approximate surface area is 164 Å². The number of hydrogen-bond acceptors (Lipinski definition) is 8. The molecular formula is C16H33ClN3O4PS. The molecule has 0 saturated carbocycles. The van der Waals surface area contributed by atoms with Gasteiger partial charge in [0, 0.05) is 0 Å². The molecule has 0 spiro atoms. The third-order valence-electron chi connectivity index (χ3n) is 4.82. The Kier molecular flexibility index (Phi) is 8.89. The Morgan fingerprint density at radius 2 is 1.23 bits per heavy atom. The maximum atomic E-state index is 12.1. The molecule has 1 rings (SSSR count). The summed E-state index contributed by atoms with van der Waals surface area (Å²) in [6.07, 6.45) is 0. The van der Waals surface area contributed by atoms with Crippen LogP contribution in [0, 0.1) is 10.2 Å². The molecule has 1 aromatic rings. The molecule has 154 valence electrons. The average Bonchev–Trinajstić information content (AvgIpc) is 3.11. The first-order valence-corrected chi connectivity index (χ1v) is 13.3. The predicted octanol–water partition coefficient (Wildman–Crippen LogP) is 0.526. The summed E-state index contributed by atoms with van der Waals surface area (Å²) in [5.41, 5.74) is 0. The van der Waals surface area contributed by atoms with Crippen LogP contribution in [-0.2, 0) is 4.08 Å². The normalized spacial score (nSPS) is 15.0. The second kappa shape index (κ2) is 9.56. The van der Waals surface area contributed by atoms with Crippen LogP contribution in [0.5, 0.6) is 0 Å². The van der Waals surface area contributed by atoms with Gasteiger partial charge in [-0.05, 0) is 0 Å². The molecule has 0 aliphatic carbocycles. The van der Waals surface area contributed by atoms with Crippen molar-refractivity contribution in [3.63, 3.8) is 0 Å². The molecule has 0 saturated heterocycles. The van der Waals surface area contributed by atoms with Crippen LogP contribution in [0.4, 0.5) is 0 Å². The van der Waals surface area contributed by atoms with Crippen molar-refractivity contribution in [1.29, 1.82) is 0 Å². The number of rotatable bonds is 12. The maximum absolute atomic E-state index is 12.1. The summed E-state index contributed by atoms with van der Waals surface area (Å²) in [4.78, 5) is 0. The molecule has 10 heteroatoms. The second-order valence-electron chi connectivity index (χ2n) is 5.72. The van der Waals surface area contributed by atoms with Gasteiger partial charge in [0.2, 0.25) is 0 Å². The zero-order valence-corrected chi connectivity index (χ0v) is 19.1. The number of hydrogen-bond donors (Lipinski definition) is 0. The summed E-state index contributed by atoms with van der Waals surface area (Å²) in [6, 6.07) is 3.79. The van der Waals surface area contributed by atoms with Crippen molar-refractivity contribution in [2.75, 3.05) is 39.3 Å². The van der Waals surface area contributed by atoms with E-state index in [1.165, 1.54) is 11.3 Å². The summed E-state index contributed by atoms with van der Waals surface area (Å²) >= 11 is 1.45. The van der Waals surface area contributed by atoms with E-state index in [1.54, 1.807) is 0 Å². The van der Waals surface area contributed by atoms with E-state index >= 15 is 0 Å². The molecule has 0 N–H and O–H groups in total. The van der Waals surface area contributed by atoms with Gasteiger partial charge < -0.3 is 0 Å². The summed E-state index contributed by atoms with van der Waals surface area (Å²) in [5.74, 6) is 0. The Morgan fingerprint density at radius 3 is 1.46 bits per heavy atom. The summed E-state index contributed by atoms with van der Waals surface area (Å²) < 4.78 is 49.1. The first-order chi connectivity index (χ1) is 12.2. The van der Waals surface area contributed by atoms with Crippen molar-refractivity contribution >= 4 is 23.2 Å². The Morgan fingerprint density at radius 1 is 0.846 bits per heavy atom. The Hall–Kier alpha value is 0.140. The molecule has 0 bridgehead atoms. The summed E-state index contributed by atoms with van der Waals surface area (Å²) in [7, 11) is -8.76. The predicted molar refractivity (Wildman–Crippen MR) is 101 cm³/mol. The molecule has 0 aliphatic heterocycles. The minimum atomic E-state index is -4.65. The molecule has 1 aromatic heterocycles. The van der Waals surface area contributed by atoms with Crippen LogP contribution < -0.4 is 18.6 Å². The first kappa shape index (κ1) is 24.2. The molecule has 0 unspecified atom stereocenters. The molecular weight excluding hydrogens is 397 g/mol. The third kappa shape index (κ3) is 3.82. The van der Waals surface area contributed by atoms with Crippen molar-refractivity contribution in [2.24, 2.45) is 0 Å². The van der Waals surface area contributed by atoms with Gasteiger partial charge in [-0.2, -0.15) is 0 Å². The first-order valence-electron chi connectivity index (χ1n) is 9.16. The summed E-state index contributed by atoms with van der Waals surface area (Å²) in [5, 5.41) is 1.91. The van der Waals surface area contributed by atoms with Crippen LogP contribution in [0.1, 0.15) is 41.5 Å². The van der Waals surface area contributed by atoms with Crippen LogP contribution in [-0.4, -0.2) is 53.3 Å². The molecule has 0 amide bonds. The summed E-state index contributed by atoms with van der Waals surface area (Å²) in [6.45, 7) is 15.2. The van der Waals surface area contributed by atoms with Crippen LogP contribution in [0.25, 0.3) is 0 Å². The van der Waals surface area contributed by atoms with Crippen LogP contribution in [0.2, 0.25) is 0 Å². The molecule has 0 radical (unpaired) electrons. The van der Waals surface area contributed by atoms with Crippen molar-refractivity contribution in [3.8, 4) is 0 Å². The van der Waals surface area contributed by atoms with E-state index in [0.29, 0.717) is 39.3 Å². The SMILES string of the molecule is CCN(CC)P(O[Cl+3]([O-])([O-])[O-])(c1cccs1)(N(CC)CC)N(CC)CC. The standard InChI is InChI=1S/C16H33ClN3O4PS/c1-7-18(8-2)25(19(9-3)10-4,20(11-5)12-6,24-17(21,22)23)16-14-13-15-26-16/h13-15H,7-12H2,1-6H3. The van der Waals surface area contributed by atoms with Gasteiger partial charge in [-0.15, -0.1) is 0 Å². The molecule has 1 heterocycles. The third-order valence-corrected chi connectivity index (χ3v) is 14.1. The van der Waals surface area contributed by atoms with E-state index < -0.39 is 17.5 Å². The zero-order valence-electron chi connectivity index (χ0n) is 16.7. The number of nitrogens with zero attached hydrogens (tertiary/aromatic N) is 3. The van der Waals surface area contributed by atoms with E-state index in [1.807, 2.05) is 59.1 Å². The zero-order chi connectivity index (χ0) is 20.0. The van der Waals surface area contributed by atoms with Gasteiger partial charge in [0.25, 0.3) is 0 Å². The van der Waals surface area contributed by atoms with E-state index in [0.717, 1.165) is 4.62 Å². The monoisotopic (exact) mass is 429 g/mol. The topological polar surface area (TPSA) is 88.1 Å². The average molecular weight is 430 g/mol. The van der Waals surface area contributed by atoms with Gasteiger partial charge in [-0.1, -0.05) is 0 Å². The number of halogens is 1. The molecule has 0 fully saturated rings. The quantitative estimate of drug-likeness (QED) is 0.448. The van der Waals surface area contributed by atoms with Crippen molar-refractivity contribution in [3.05, 3.63) is 17.5 Å². The van der Waals surface area contributed by atoms with Gasteiger partial charge in [0.1, 0.15) is 0 Å². The van der Waals surface area contributed by atoms with E-state index in [-0.39, 0.29) is 0 Å². The van der Waals surface area contributed by atoms with Gasteiger partial charge in [-0.3, -0.25) is 0 Å². The van der Waals surface area contributed by atoms with E-state index in [2.05, 4.69) is 14.0 Å². The van der Waals surface area contributed by atoms with Gasteiger partial charge in [0.15, 0.2) is 0 Å². The fourth-order valence-electron chi connectivity index (χ4n) is 3.97. The molecule has 7 nitrogen and oxygen atoms in total. The Bertz CT molecular complexity index is 498. The van der Waals surface area contributed by atoms with Crippen LogP contribution in [0.15, 0.2) is 17.5 Å². The van der Waals surface area contributed by atoms with Crippen molar-refractivity contribution in [1.82, 2.24) is 14.0 Å². The van der Waals surface area contributed by atoms with Crippen molar-refractivity contribution < 1.29 is 28.3 Å². The van der Waals surface area contributed by atoms with Gasteiger partial charge >= 0.3 is 164 Å². The van der Waals surface area contributed by atoms with E-state index in [9.17, 15) is 14.0 Å². The fourth-order valence-corrected chi connectivity index (χ4v) is 14.5. The second-order valence-corrected chi connectivity index (χ2v) is 12.3. The van der Waals surface area contributed by atoms with Crippen LogP contribution in [0.3, 0.4) is 0 Å². The van der Waals surface area contributed by atoms with E-state index in [4.69, 9.17) is 4.08 Å². The van der Waals surface area contributed by atoms with Crippen molar-refractivity contribution in [2.45, 2.75) is 41.5 Å².